The molecule has 0 aliphatic heterocycles. The highest BCUT2D eigenvalue weighted by atomic mass is 16.5. The molecule has 5 nitrogen and oxygen atoms in total. The fourth-order valence-electron chi connectivity index (χ4n) is 1.28. The van der Waals surface area contributed by atoms with Gasteiger partial charge in [-0.3, -0.25) is 4.79 Å². The molecule has 1 aromatic rings. The monoisotopic (exact) mass is 225 g/mol. The van der Waals surface area contributed by atoms with Gasteiger partial charge in [-0.2, -0.15) is 0 Å². The van der Waals surface area contributed by atoms with E-state index >= 15 is 0 Å². The Morgan fingerprint density at radius 1 is 1.62 bits per heavy atom. The summed E-state index contributed by atoms with van der Waals surface area (Å²) in [5.74, 6) is 0.00589. The Balaban J connectivity index is 2.20. The van der Waals surface area contributed by atoms with Crippen molar-refractivity contribution in [3.05, 3.63) is 18.2 Å². The number of nitrogens with one attached hydrogen (secondary N) is 2. The maximum absolute atomic E-state index is 11.5. The van der Waals surface area contributed by atoms with Gasteiger partial charge < -0.3 is 15.0 Å². The first-order valence-electron chi connectivity index (χ1n) is 5.32. The molecule has 0 unspecified atom stereocenters. The van der Waals surface area contributed by atoms with Crippen LogP contribution in [-0.4, -0.2) is 35.1 Å². The van der Waals surface area contributed by atoms with Gasteiger partial charge in [-0.05, 0) is 13.8 Å². The van der Waals surface area contributed by atoms with Gasteiger partial charge in [0.25, 0.3) is 0 Å². The lowest BCUT2D eigenvalue weighted by Crippen LogP contribution is -2.34. The first kappa shape index (κ1) is 12.7. The Labute approximate surface area is 95.6 Å². The Hall–Kier alpha value is -1.36. The molecular formula is C11H19N3O2. The van der Waals surface area contributed by atoms with Gasteiger partial charge in [-0.1, -0.05) is 0 Å². The minimum atomic E-state index is -0.405. The summed E-state index contributed by atoms with van der Waals surface area (Å²) in [7, 11) is 1.61. The van der Waals surface area contributed by atoms with E-state index in [4.69, 9.17) is 4.74 Å². The average Bonchev–Trinajstić information content (AvgIpc) is 2.70. The third-order valence-corrected chi connectivity index (χ3v) is 2.41. The number of hydrogen-bond acceptors (Lipinski definition) is 3. The minimum absolute atomic E-state index is 0.00589. The van der Waals surface area contributed by atoms with Crippen LogP contribution >= 0.6 is 0 Å². The first-order chi connectivity index (χ1) is 7.53. The lowest BCUT2D eigenvalue weighted by molar-refractivity contribution is -0.126. The maximum Gasteiger partial charge on any atom is 0.222 e. The van der Waals surface area contributed by atoms with Gasteiger partial charge in [0.1, 0.15) is 0 Å². The molecule has 2 N–H and O–H groups in total. The van der Waals surface area contributed by atoms with Gasteiger partial charge in [-0.15, -0.1) is 0 Å². The molecule has 1 aromatic heterocycles. The number of amides is 1. The number of carbonyl (C=O) groups is 1. The Bertz CT molecular complexity index is 320. The lowest BCUT2D eigenvalue weighted by Gasteiger charge is -2.21. The molecule has 0 atom stereocenters. The number of nitrogens with zero attached hydrogens (tertiary/aromatic N) is 1. The number of aromatic amines is 1. The van der Waals surface area contributed by atoms with Crippen LogP contribution in [0.2, 0.25) is 0 Å². The van der Waals surface area contributed by atoms with Crippen LogP contribution in [0.25, 0.3) is 0 Å². The molecule has 1 amide bonds. The number of imidazole rings is 1. The lowest BCUT2D eigenvalue weighted by atomic mass is 10.1. The third-order valence-electron chi connectivity index (χ3n) is 2.41. The van der Waals surface area contributed by atoms with E-state index in [1.165, 1.54) is 0 Å². The highest BCUT2D eigenvalue weighted by Crippen LogP contribution is 2.12. The van der Waals surface area contributed by atoms with Gasteiger partial charge in [0.05, 0.1) is 18.3 Å². The number of carbonyl (C=O) groups excluding carboxylic acids is 1. The van der Waals surface area contributed by atoms with Gasteiger partial charge in [0, 0.05) is 32.0 Å². The summed E-state index contributed by atoms with van der Waals surface area (Å²) < 4.78 is 5.18. The molecule has 0 aliphatic carbocycles. The molecule has 0 spiro atoms. The fourth-order valence-corrected chi connectivity index (χ4v) is 1.28. The zero-order chi connectivity index (χ0) is 12.0. The smallest absolute Gasteiger partial charge is 0.222 e. The van der Waals surface area contributed by atoms with E-state index in [0.29, 0.717) is 13.0 Å². The molecule has 5 heteroatoms. The van der Waals surface area contributed by atoms with Gasteiger partial charge in [0.15, 0.2) is 0 Å². The number of aromatic nitrogens is 2. The second kappa shape index (κ2) is 5.65. The Morgan fingerprint density at radius 2 is 2.38 bits per heavy atom. The van der Waals surface area contributed by atoms with Crippen molar-refractivity contribution in [2.45, 2.75) is 32.3 Å². The third kappa shape index (κ3) is 4.44. The number of hydrogen-bond donors (Lipinski definition) is 2. The first-order valence-corrected chi connectivity index (χ1v) is 5.32. The van der Waals surface area contributed by atoms with Crippen LogP contribution < -0.4 is 5.32 Å². The minimum Gasteiger partial charge on any atom is -0.378 e. The summed E-state index contributed by atoms with van der Waals surface area (Å²) in [6.45, 7) is 4.39. The molecule has 0 saturated heterocycles. The van der Waals surface area contributed by atoms with Crippen LogP contribution in [0.5, 0.6) is 0 Å². The summed E-state index contributed by atoms with van der Waals surface area (Å²) in [5.41, 5.74) is 0.615. The molecule has 0 fully saturated rings. The van der Waals surface area contributed by atoms with E-state index in [9.17, 15) is 4.79 Å². The molecule has 16 heavy (non-hydrogen) atoms. The van der Waals surface area contributed by atoms with E-state index in [2.05, 4.69) is 15.3 Å². The van der Waals surface area contributed by atoms with Gasteiger partial charge in [0.2, 0.25) is 5.91 Å². The van der Waals surface area contributed by atoms with Crippen molar-refractivity contribution >= 4 is 5.91 Å². The molecular weight excluding hydrogens is 206 g/mol. The van der Waals surface area contributed by atoms with E-state index in [-0.39, 0.29) is 5.91 Å². The normalized spacial score (nSPS) is 11.4. The maximum atomic E-state index is 11.5. The molecule has 0 aromatic carbocycles. The number of H-pyrrole nitrogens is 1. The highest BCUT2D eigenvalue weighted by Gasteiger charge is 2.20. The van der Waals surface area contributed by atoms with E-state index < -0.39 is 5.60 Å². The molecule has 90 valence electrons. The van der Waals surface area contributed by atoms with Crippen molar-refractivity contribution in [1.29, 1.82) is 0 Å². The summed E-state index contributed by atoms with van der Waals surface area (Å²) >= 11 is 0. The molecule has 0 bridgehead atoms. The molecule has 0 saturated carbocycles. The molecule has 1 rings (SSSR count). The standard InChI is InChI=1S/C11H19N3O2/c1-11(2,16-3)6-10(15)13-5-4-9-7-12-8-14-9/h7-8H,4-6H2,1-3H3,(H,12,14)(H,13,15). The zero-order valence-corrected chi connectivity index (χ0v) is 10.0. The quantitative estimate of drug-likeness (QED) is 0.755. The summed E-state index contributed by atoms with van der Waals surface area (Å²) in [5, 5.41) is 2.84. The van der Waals surface area contributed by atoms with Crippen LogP contribution in [0.1, 0.15) is 26.0 Å². The SMILES string of the molecule is COC(C)(C)CC(=O)NCCc1cnc[nH]1. The van der Waals surface area contributed by atoms with Crippen LogP contribution in [0.4, 0.5) is 0 Å². The van der Waals surface area contributed by atoms with Crippen molar-refractivity contribution in [3.8, 4) is 0 Å². The van der Waals surface area contributed by atoms with Gasteiger partial charge >= 0.3 is 0 Å². The second-order valence-electron chi connectivity index (χ2n) is 4.32. The van der Waals surface area contributed by atoms with Crippen LogP contribution in [0.15, 0.2) is 12.5 Å². The van der Waals surface area contributed by atoms with Crippen LogP contribution in [0, 0.1) is 0 Å². The Kier molecular flexibility index (Phi) is 4.49. The van der Waals surface area contributed by atoms with E-state index in [1.807, 2.05) is 13.8 Å². The van der Waals surface area contributed by atoms with Crippen LogP contribution in [-0.2, 0) is 16.0 Å². The van der Waals surface area contributed by atoms with Crippen molar-refractivity contribution in [1.82, 2.24) is 15.3 Å². The fraction of sp³-hybridized carbons (Fsp3) is 0.636. The summed E-state index contributed by atoms with van der Waals surface area (Å²) in [6, 6.07) is 0. The van der Waals surface area contributed by atoms with Crippen molar-refractivity contribution in [2.75, 3.05) is 13.7 Å². The topological polar surface area (TPSA) is 67.0 Å². The molecule has 0 radical (unpaired) electrons. The van der Waals surface area contributed by atoms with E-state index in [0.717, 1.165) is 12.1 Å². The number of ether oxygens (including phenoxy) is 1. The molecule has 0 aliphatic rings. The highest BCUT2D eigenvalue weighted by molar-refractivity contribution is 5.76. The molecule has 1 heterocycles. The summed E-state index contributed by atoms with van der Waals surface area (Å²) in [4.78, 5) is 18.4. The zero-order valence-electron chi connectivity index (χ0n) is 10.0. The second-order valence-corrected chi connectivity index (χ2v) is 4.32. The number of rotatable bonds is 6. The predicted octanol–water partition coefficient (Wildman–Crippen LogP) is 0.883. The number of methoxy groups -OCH3 is 1. The average molecular weight is 225 g/mol. The van der Waals surface area contributed by atoms with Crippen LogP contribution in [0.3, 0.4) is 0 Å². The Morgan fingerprint density at radius 3 is 2.94 bits per heavy atom. The van der Waals surface area contributed by atoms with Crippen molar-refractivity contribution in [3.63, 3.8) is 0 Å². The van der Waals surface area contributed by atoms with Gasteiger partial charge in [-0.25, -0.2) is 4.98 Å². The van der Waals surface area contributed by atoms with Crippen molar-refractivity contribution in [2.24, 2.45) is 0 Å². The summed E-state index contributed by atoms with van der Waals surface area (Å²) in [6.07, 6.45) is 4.52. The predicted molar refractivity (Wildman–Crippen MR) is 61.0 cm³/mol. The van der Waals surface area contributed by atoms with E-state index in [1.54, 1.807) is 19.6 Å². The largest absolute Gasteiger partial charge is 0.378 e. The van der Waals surface area contributed by atoms with Crippen molar-refractivity contribution < 1.29 is 9.53 Å².